The number of hydrogen-bond acceptors (Lipinski definition) is 2. The van der Waals surface area contributed by atoms with Crippen LogP contribution in [0, 0.1) is 6.92 Å². The van der Waals surface area contributed by atoms with Crippen LogP contribution < -0.4 is 5.32 Å². The number of rotatable bonds is 3. The Morgan fingerprint density at radius 3 is 2.94 bits per heavy atom. The van der Waals surface area contributed by atoms with E-state index in [1.165, 1.54) is 0 Å². The van der Waals surface area contributed by atoms with Crippen molar-refractivity contribution in [1.29, 1.82) is 0 Å². The molecule has 0 radical (unpaired) electrons. The van der Waals surface area contributed by atoms with Crippen molar-refractivity contribution in [2.45, 2.75) is 13.5 Å². The van der Waals surface area contributed by atoms with Gasteiger partial charge in [0.25, 0.3) is 0 Å². The summed E-state index contributed by atoms with van der Waals surface area (Å²) in [6.45, 7) is 2.25. The number of carbonyl (C=O) groups excluding carboxylic acids is 1. The number of benzene rings is 1. The van der Waals surface area contributed by atoms with Gasteiger partial charge < -0.3 is 9.88 Å². The third kappa shape index (κ3) is 2.48. The van der Waals surface area contributed by atoms with Gasteiger partial charge in [0.1, 0.15) is 6.54 Å². The first-order chi connectivity index (χ1) is 7.75. The number of nitrogens with one attached hydrogen (secondary N) is 1. The molecule has 0 aliphatic rings. The van der Waals surface area contributed by atoms with Gasteiger partial charge in [-0.1, -0.05) is 18.2 Å². The van der Waals surface area contributed by atoms with Gasteiger partial charge in [0, 0.05) is 18.1 Å². The number of aromatic nitrogens is 2. The SMILES string of the molecule is Cc1ccccc1NC(=O)Cn1ccnc1. The minimum Gasteiger partial charge on any atom is -0.328 e. The Hall–Kier alpha value is -2.10. The van der Waals surface area contributed by atoms with Crippen LogP contribution in [0.25, 0.3) is 0 Å². The fraction of sp³-hybridized carbons (Fsp3) is 0.167. The predicted molar refractivity (Wildman–Crippen MR) is 62.0 cm³/mol. The smallest absolute Gasteiger partial charge is 0.244 e. The summed E-state index contributed by atoms with van der Waals surface area (Å²) in [7, 11) is 0. The van der Waals surface area contributed by atoms with Gasteiger partial charge in [-0.3, -0.25) is 4.79 Å². The molecule has 0 saturated heterocycles. The molecule has 0 saturated carbocycles. The number of nitrogens with zero attached hydrogens (tertiary/aromatic N) is 2. The Morgan fingerprint density at radius 2 is 2.25 bits per heavy atom. The molecule has 1 aromatic heterocycles. The van der Waals surface area contributed by atoms with E-state index in [2.05, 4.69) is 10.3 Å². The van der Waals surface area contributed by atoms with Crippen molar-refractivity contribution in [1.82, 2.24) is 9.55 Å². The summed E-state index contributed by atoms with van der Waals surface area (Å²) in [4.78, 5) is 15.6. The van der Waals surface area contributed by atoms with E-state index < -0.39 is 0 Å². The monoisotopic (exact) mass is 215 g/mol. The minimum atomic E-state index is -0.0488. The number of imidazole rings is 1. The van der Waals surface area contributed by atoms with Crippen molar-refractivity contribution in [3.05, 3.63) is 48.5 Å². The van der Waals surface area contributed by atoms with Crippen molar-refractivity contribution >= 4 is 11.6 Å². The Balaban J connectivity index is 2.00. The van der Waals surface area contributed by atoms with Crippen LogP contribution in [-0.2, 0) is 11.3 Å². The number of aryl methyl sites for hydroxylation is 1. The lowest BCUT2D eigenvalue weighted by molar-refractivity contribution is -0.116. The van der Waals surface area contributed by atoms with Gasteiger partial charge in [-0.05, 0) is 18.6 Å². The zero-order valence-electron chi connectivity index (χ0n) is 9.05. The van der Waals surface area contributed by atoms with Gasteiger partial charge in [-0.15, -0.1) is 0 Å². The summed E-state index contributed by atoms with van der Waals surface area (Å²) in [5.74, 6) is -0.0488. The molecule has 0 fully saturated rings. The summed E-state index contributed by atoms with van der Waals surface area (Å²) in [5.41, 5.74) is 1.91. The molecule has 0 bridgehead atoms. The van der Waals surface area contributed by atoms with Gasteiger partial charge in [0.15, 0.2) is 0 Å². The van der Waals surface area contributed by atoms with E-state index in [9.17, 15) is 4.79 Å². The largest absolute Gasteiger partial charge is 0.328 e. The lowest BCUT2D eigenvalue weighted by Crippen LogP contribution is -2.18. The van der Waals surface area contributed by atoms with Crippen LogP contribution in [-0.4, -0.2) is 15.5 Å². The van der Waals surface area contributed by atoms with Gasteiger partial charge in [0.2, 0.25) is 5.91 Å². The summed E-state index contributed by atoms with van der Waals surface area (Å²) in [6, 6.07) is 7.70. The second-order valence-electron chi connectivity index (χ2n) is 3.60. The highest BCUT2D eigenvalue weighted by molar-refractivity contribution is 5.91. The van der Waals surface area contributed by atoms with Crippen LogP contribution in [0.3, 0.4) is 0 Å². The first-order valence-electron chi connectivity index (χ1n) is 5.07. The molecular weight excluding hydrogens is 202 g/mol. The molecule has 82 valence electrons. The van der Waals surface area contributed by atoms with E-state index in [4.69, 9.17) is 0 Å². The second-order valence-corrected chi connectivity index (χ2v) is 3.60. The maximum atomic E-state index is 11.7. The summed E-state index contributed by atoms with van der Waals surface area (Å²) in [6.07, 6.45) is 5.04. The first-order valence-corrected chi connectivity index (χ1v) is 5.07. The first kappa shape index (κ1) is 10.4. The van der Waals surface area contributed by atoms with E-state index in [1.807, 2.05) is 31.2 Å². The van der Waals surface area contributed by atoms with Gasteiger partial charge >= 0.3 is 0 Å². The average Bonchev–Trinajstić information content (AvgIpc) is 2.74. The third-order valence-electron chi connectivity index (χ3n) is 2.30. The van der Waals surface area contributed by atoms with Crippen LogP contribution in [0.15, 0.2) is 43.0 Å². The second kappa shape index (κ2) is 4.61. The van der Waals surface area contributed by atoms with Crippen LogP contribution >= 0.6 is 0 Å². The molecule has 4 heteroatoms. The van der Waals surface area contributed by atoms with Crippen LogP contribution in [0.2, 0.25) is 0 Å². The van der Waals surface area contributed by atoms with Crippen molar-refractivity contribution in [2.24, 2.45) is 0 Å². The quantitative estimate of drug-likeness (QED) is 0.849. The Bertz CT molecular complexity index is 477. The van der Waals surface area contributed by atoms with E-state index in [-0.39, 0.29) is 12.5 Å². The summed E-state index contributed by atoms with van der Waals surface area (Å²) < 4.78 is 1.73. The molecule has 1 N–H and O–H groups in total. The van der Waals surface area contributed by atoms with Crippen molar-refractivity contribution < 1.29 is 4.79 Å². The Morgan fingerprint density at radius 1 is 1.44 bits per heavy atom. The fourth-order valence-corrected chi connectivity index (χ4v) is 1.45. The molecule has 16 heavy (non-hydrogen) atoms. The number of anilines is 1. The highest BCUT2D eigenvalue weighted by atomic mass is 16.1. The summed E-state index contributed by atoms with van der Waals surface area (Å²) in [5, 5.41) is 2.86. The molecule has 0 unspecified atom stereocenters. The third-order valence-corrected chi connectivity index (χ3v) is 2.30. The molecule has 4 nitrogen and oxygen atoms in total. The van der Waals surface area contributed by atoms with Crippen molar-refractivity contribution in [2.75, 3.05) is 5.32 Å². The molecule has 1 amide bonds. The molecule has 1 aromatic carbocycles. The standard InChI is InChI=1S/C12H13N3O/c1-10-4-2-3-5-11(10)14-12(16)8-15-7-6-13-9-15/h2-7,9H,8H2,1H3,(H,14,16). The fourth-order valence-electron chi connectivity index (χ4n) is 1.45. The van der Waals surface area contributed by atoms with Crippen LogP contribution in [0.5, 0.6) is 0 Å². The Kier molecular flexibility index (Phi) is 3.00. The van der Waals surface area contributed by atoms with Crippen molar-refractivity contribution in [3.63, 3.8) is 0 Å². The van der Waals surface area contributed by atoms with Gasteiger partial charge in [-0.25, -0.2) is 4.98 Å². The van der Waals surface area contributed by atoms with E-state index in [0.717, 1.165) is 11.3 Å². The number of amides is 1. The average molecular weight is 215 g/mol. The van der Waals surface area contributed by atoms with E-state index in [0.29, 0.717) is 0 Å². The Labute approximate surface area is 93.9 Å². The van der Waals surface area contributed by atoms with Crippen molar-refractivity contribution in [3.8, 4) is 0 Å². The van der Waals surface area contributed by atoms with Gasteiger partial charge in [-0.2, -0.15) is 0 Å². The molecule has 2 aromatic rings. The van der Waals surface area contributed by atoms with Crippen LogP contribution in [0.4, 0.5) is 5.69 Å². The van der Waals surface area contributed by atoms with E-state index >= 15 is 0 Å². The lowest BCUT2D eigenvalue weighted by Gasteiger charge is -2.08. The lowest BCUT2D eigenvalue weighted by atomic mass is 10.2. The zero-order valence-corrected chi connectivity index (χ0v) is 9.05. The zero-order chi connectivity index (χ0) is 11.4. The highest BCUT2D eigenvalue weighted by Gasteiger charge is 2.04. The normalized spacial score (nSPS) is 10.1. The predicted octanol–water partition coefficient (Wildman–Crippen LogP) is 1.83. The highest BCUT2D eigenvalue weighted by Crippen LogP contribution is 2.12. The molecule has 0 atom stereocenters. The molecular formula is C12H13N3O. The molecule has 1 heterocycles. The van der Waals surface area contributed by atoms with Gasteiger partial charge in [0.05, 0.1) is 6.33 Å². The number of para-hydroxylation sites is 1. The number of carbonyl (C=O) groups is 1. The topological polar surface area (TPSA) is 46.9 Å². The summed E-state index contributed by atoms with van der Waals surface area (Å²) >= 11 is 0. The maximum Gasteiger partial charge on any atom is 0.244 e. The maximum absolute atomic E-state index is 11.7. The molecule has 0 aliphatic heterocycles. The van der Waals surface area contributed by atoms with E-state index in [1.54, 1.807) is 23.3 Å². The molecule has 2 rings (SSSR count). The van der Waals surface area contributed by atoms with Crippen LogP contribution in [0.1, 0.15) is 5.56 Å². The number of hydrogen-bond donors (Lipinski definition) is 1. The minimum absolute atomic E-state index is 0.0488. The molecule has 0 spiro atoms. The molecule has 0 aliphatic carbocycles.